The van der Waals surface area contributed by atoms with Gasteiger partial charge in [-0.1, -0.05) is 11.2 Å². The summed E-state index contributed by atoms with van der Waals surface area (Å²) in [5, 5.41) is 0. The summed E-state index contributed by atoms with van der Waals surface area (Å²) < 4.78 is 35.4. The molecule has 0 aliphatic carbocycles. The van der Waals surface area contributed by atoms with Crippen LogP contribution in [0.25, 0.3) is 0 Å². The zero-order valence-electron chi connectivity index (χ0n) is 5.49. The Morgan fingerprint density at radius 3 is 1.44 bits per heavy atom. The second-order valence-electron chi connectivity index (χ2n) is 1.47. The van der Waals surface area contributed by atoms with Gasteiger partial charge in [-0.2, -0.15) is 8.42 Å². The third kappa shape index (κ3) is 6570. The summed E-state index contributed by atoms with van der Waals surface area (Å²) in [6.07, 6.45) is 3.99. The second kappa shape index (κ2) is 5.04. The van der Waals surface area contributed by atoms with Crippen LogP contribution in [0.1, 0.15) is 0 Å². The molecule has 0 aliphatic rings. The van der Waals surface area contributed by atoms with Gasteiger partial charge < -0.3 is 4.55 Å². The van der Waals surface area contributed by atoms with Crippen LogP contribution in [0.2, 0.25) is 0 Å². The van der Waals surface area contributed by atoms with E-state index in [-0.39, 0.29) is 0 Å². The maximum absolute atomic E-state index is 9.56. The second-order valence-corrected chi connectivity index (χ2v) is 4.42. The monoisotopic (exact) mass is 174 g/mol. The van der Waals surface area contributed by atoms with E-state index in [0.29, 0.717) is 6.26 Å². The molecule has 0 saturated carbocycles. The van der Waals surface area contributed by atoms with Crippen LogP contribution in [0.15, 0.2) is 0 Å². The molecule has 0 aliphatic heterocycles. The van der Waals surface area contributed by atoms with Gasteiger partial charge in [0, 0.05) is 0 Å². The summed E-state index contributed by atoms with van der Waals surface area (Å²) in [5.74, 6) is 0. The first kappa shape index (κ1) is 12.0. The highest BCUT2D eigenvalue weighted by molar-refractivity contribution is 7.89. The highest BCUT2D eigenvalue weighted by Crippen LogP contribution is 1.61. The van der Waals surface area contributed by atoms with Gasteiger partial charge in [0.1, 0.15) is 0 Å². The van der Waals surface area contributed by atoms with Gasteiger partial charge in [0.05, 0.1) is 18.8 Å². The van der Waals surface area contributed by atoms with Crippen molar-refractivity contribution >= 4 is 21.3 Å². The molecule has 0 saturated heterocycles. The van der Waals surface area contributed by atoms with Crippen molar-refractivity contribution in [2.75, 3.05) is 18.8 Å². The van der Waals surface area contributed by atoms with E-state index in [1.165, 1.54) is 0 Å². The zero-order chi connectivity index (χ0) is 8.08. The largest absolute Gasteiger partial charge is 0.617 e. The molecule has 0 radical (unpaired) electrons. The van der Waals surface area contributed by atoms with Crippen molar-refractivity contribution in [1.82, 2.24) is 0 Å². The smallest absolute Gasteiger partial charge is 0.261 e. The highest BCUT2D eigenvalue weighted by atomic mass is 32.2. The minimum atomic E-state index is -3.67. The minimum absolute atomic E-state index is 0.611. The van der Waals surface area contributed by atoms with E-state index < -0.39 is 21.3 Å². The number of hydrogen-bond donors (Lipinski definition) is 1. The molecule has 1 N–H and O–H groups in total. The molecule has 0 aromatic heterocycles. The maximum atomic E-state index is 9.56. The van der Waals surface area contributed by atoms with E-state index in [1.807, 2.05) is 0 Å². The normalized spacial score (nSPS) is 10.4. The predicted octanol–water partition coefficient (Wildman–Crippen LogP) is -0.501. The molecule has 0 bridgehead atoms. The molecule has 58 valence electrons. The topological polar surface area (TPSA) is 77.4 Å². The van der Waals surface area contributed by atoms with Gasteiger partial charge in [0.15, 0.2) is 0 Å². The Hall–Kier alpha value is 0.220. The van der Waals surface area contributed by atoms with Crippen LogP contribution in [0, 0.1) is 0 Å². The lowest BCUT2D eigenvalue weighted by atomic mass is 11.9. The van der Waals surface area contributed by atoms with Crippen LogP contribution in [0.5, 0.6) is 0 Å². The fraction of sp³-hybridized carbons (Fsp3) is 1.00. The van der Waals surface area contributed by atoms with E-state index in [9.17, 15) is 13.0 Å². The van der Waals surface area contributed by atoms with Gasteiger partial charge in [-0.05, 0) is 0 Å². The molecule has 6 heteroatoms. The fourth-order valence-corrected chi connectivity index (χ4v) is 0. The molecule has 0 rings (SSSR count). The molecular weight excluding hydrogens is 164 g/mol. The first-order valence-electron chi connectivity index (χ1n) is 1.91. The summed E-state index contributed by atoms with van der Waals surface area (Å²) in [4.78, 5) is 0. The van der Waals surface area contributed by atoms with Crippen LogP contribution in [0.3, 0.4) is 0 Å². The SMILES string of the molecule is CS(=O)(=O)O.C[S+](C)[O-]. The van der Waals surface area contributed by atoms with E-state index in [1.54, 1.807) is 12.5 Å². The van der Waals surface area contributed by atoms with Crippen LogP contribution < -0.4 is 0 Å². The minimum Gasteiger partial charge on any atom is -0.617 e. The Morgan fingerprint density at radius 2 is 1.44 bits per heavy atom. The summed E-state index contributed by atoms with van der Waals surface area (Å²) >= 11 is -0.611. The van der Waals surface area contributed by atoms with Crippen molar-refractivity contribution in [1.29, 1.82) is 0 Å². The fourth-order valence-electron chi connectivity index (χ4n) is 0. The summed E-state index contributed by atoms with van der Waals surface area (Å²) in [7, 11) is -3.67. The van der Waals surface area contributed by atoms with Gasteiger partial charge in [-0.25, -0.2) is 0 Å². The lowest BCUT2D eigenvalue weighted by Crippen LogP contribution is -1.88. The Kier molecular flexibility index (Phi) is 6.69. The number of rotatable bonds is 0. The zero-order valence-corrected chi connectivity index (χ0v) is 7.12. The average Bonchev–Trinajstić information content (AvgIpc) is 1.19. The molecule has 0 atom stereocenters. The Morgan fingerprint density at radius 1 is 1.44 bits per heavy atom. The van der Waals surface area contributed by atoms with E-state index in [0.717, 1.165) is 0 Å². The third-order valence-electron chi connectivity index (χ3n) is 0. The van der Waals surface area contributed by atoms with E-state index >= 15 is 0 Å². The molecule has 0 amide bonds. The van der Waals surface area contributed by atoms with E-state index in [4.69, 9.17) is 4.55 Å². The van der Waals surface area contributed by atoms with Crippen LogP contribution in [-0.2, 0) is 21.3 Å². The first-order valence-corrected chi connectivity index (χ1v) is 5.72. The van der Waals surface area contributed by atoms with Crippen LogP contribution in [0.4, 0.5) is 0 Å². The molecular formula is C3H10O4S2. The van der Waals surface area contributed by atoms with Gasteiger partial charge in [0.2, 0.25) is 0 Å². The van der Waals surface area contributed by atoms with Gasteiger partial charge >= 0.3 is 0 Å². The maximum Gasteiger partial charge on any atom is 0.261 e. The molecule has 0 aromatic rings. The van der Waals surface area contributed by atoms with Gasteiger partial charge in [-0.15, -0.1) is 0 Å². The molecule has 0 aromatic carbocycles. The van der Waals surface area contributed by atoms with Crippen molar-refractivity contribution in [3.63, 3.8) is 0 Å². The van der Waals surface area contributed by atoms with Crippen molar-refractivity contribution in [3.8, 4) is 0 Å². The van der Waals surface area contributed by atoms with Gasteiger partial charge in [-0.3, -0.25) is 4.55 Å². The predicted molar refractivity (Wildman–Crippen MR) is 37.5 cm³/mol. The van der Waals surface area contributed by atoms with Crippen molar-refractivity contribution in [2.24, 2.45) is 0 Å². The standard InChI is InChI=1S/C2H6OS.CH4O3S/c1-4(2)3;1-5(2,3)4/h1-2H3;1H3,(H,2,3,4). The lowest BCUT2D eigenvalue weighted by Gasteiger charge is -1.87. The van der Waals surface area contributed by atoms with Gasteiger partial charge in [0.25, 0.3) is 10.1 Å². The van der Waals surface area contributed by atoms with Crippen LogP contribution in [-0.4, -0.2) is 36.3 Å². The number of hydrogen-bond acceptors (Lipinski definition) is 3. The lowest BCUT2D eigenvalue weighted by molar-refractivity contribution is 0.490. The van der Waals surface area contributed by atoms with E-state index in [2.05, 4.69) is 0 Å². The molecule has 0 spiro atoms. The van der Waals surface area contributed by atoms with Crippen molar-refractivity contribution in [3.05, 3.63) is 0 Å². The van der Waals surface area contributed by atoms with Crippen molar-refractivity contribution in [2.45, 2.75) is 0 Å². The molecule has 0 fully saturated rings. The summed E-state index contributed by atoms with van der Waals surface area (Å²) in [6.45, 7) is 0. The summed E-state index contributed by atoms with van der Waals surface area (Å²) in [6, 6.07) is 0. The molecule has 4 nitrogen and oxygen atoms in total. The molecule has 0 heterocycles. The molecule has 0 unspecified atom stereocenters. The van der Waals surface area contributed by atoms with Crippen molar-refractivity contribution < 1.29 is 17.5 Å². The average molecular weight is 174 g/mol. The quantitative estimate of drug-likeness (QED) is 0.396. The highest BCUT2D eigenvalue weighted by Gasteiger charge is 1.81. The Labute approximate surface area is 58.2 Å². The Bertz CT molecular complexity index is 125. The first-order chi connectivity index (χ1) is 3.73. The van der Waals surface area contributed by atoms with Crippen LogP contribution >= 0.6 is 0 Å². The Balaban J connectivity index is 0. The summed E-state index contributed by atoms with van der Waals surface area (Å²) in [5.41, 5.74) is 0. The molecule has 9 heavy (non-hydrogen) atoms. The third-order valence-corrected chi connectivity index (χ3v) is 0.